The Labute approximate surface area is 146 Å². The van der Waals surface area contributed by atoms with Crippen molar-refractivity contribution in [3.05, 3.63) is 17.8 Å². The van der Waals surface area contributed by atoms with Crippen LogP contribution in [0.3, 0.4) is 0 Å². The average Bonchev–Trinajstić information content (AvgIpc) is 3.01. The van der Waals surface area contributed by atoms with E-state index < -0.39 is 0 Å². The van der Waals surface area contributed by atoms with Crippen molar-refractivity contribution in [2.24, 2.45) is 10.9 Å². The summed E-state index contributed by atoms with van der Waals surface area (Å²) in [7, 11) is 2.19. The Morgan fingerprint density at radius 3 is 2.62 bits per heavy atom. The molecule has 2 N–H and O–H groups in total. The van der Waals surface area contributed by atoms with Crippen molar-refractivity contribution in [1.82, 2.24) is 20.5 Å². The van der Waals surface area contributed by atoms with E-state index in [2.05, 4.69) is 60.3 Å². The summed E-state index contributed by atoms with van der Waals surface area (Å²) in [6.45, 7) is 13.1. The van der Waals surface area contributed by atoms with E-state index in [1.165, 1.54) is 25.9 Å². The van der Waals surface area contributed by atoms with Gasteiger partial charge in [0.1, 0.15) is 12.3 Å². The summed E-state index contributed by atoms with van der Waals surface area (Å²) >= 11 is 0. The molecule has 0 amide bonds. The van der Waals surface area contributed by atoms with Crippen molar-refractivity contribution < 1.29 is 4.42 Å². The van der Waals surface area contributed by atoms with Crippen molar-refractivity contribution in [3.8, 4) is 0 Å². The SMILES string of the molecule is CCNC(=NCc1ncc(C(C)(C)C)o1)NCC1CCN(C)CC1. The lowest BCUT2D eigenvalue weighted by Gasteiger charge is -2.29. The van der Waals surface area contributed by atoms with Crippen LogP contribution in [0.2, 0.25) is 0 Å². The number of oxazole rings is 1. The quantitative estimate of drug-likeness (QED) is 0.639. The monoisotopic (exact) mass is 335 g/mol. The lowest BCUT2D eigenvalue weighted by molar-refractivity contribution is 0.220. The van der Waals surface area contributed by atoms with Crippen LogP contribution in [0.1, 0.15) is 52.2 Å². The summed E-state index contributed by atoms with van der Waals surface area (Å²) in [5, 5.41) is 6.76. The van der Waals surface area contributed by atoms with Gasteiger partial charge in [0.2, 0.25) is 5.89 Å². The molecule has 1 fully saturated rings. The highest BCUT2D eigenvalue weighted by Crippen LogP contribution is 2.22. The third kappa shape index (κ3) is 5.82. The number of piperidine rings is 1. The number of hydrogen-bond acceptors (Lipinski definition) is 4. The molecule has 0 aromatic carbocycles. The van der Waals surface area contributed by atoms with Crippen molar-refractivity contribution in [3.63, 3.8) is 0 Å². The van der Waals surface area contributed by atoms with Gasteiger partial charge in [0.05, 0.1) is 6.20 Å². The van der Waals surface area contributed by atoms with E-state index in [9.17, 15) is 0 Å². The molecule has 136 valence electrons. The number of aromatic nitrogens is 1. The first-order valence-corrected chi connectivity index (χ1v) is 9.04. The third-order valence-corrected chi connectivity index (χ3v) is 4.41. The summed E-state index contributed by atoms with van der Waals surface area (Å²) in [6, 6.07) is 0. The Bertz CT molecular complexity index is 524. The molecule has 0 spiro atoms. The van der Waals surface area contributed by atoms with Gasteiger partial charge < -0.3 is 20.0 Å². The molecule has 2 heterocycles. The fourth-order valence-corrected chi connectivity index (χ4v) is 2.73. The van der Waals surface area contributed by atoms with Crippen LogP contribution < -0.4 is 10.6 Å². The first kappa shape index (κ1) is 18.8. The highest BCUT2D eigenvalue weighted by atomic mass is 16.4. The molecule has 1 aliphatic rings. The first-order valence-electron chi connectivity index (χ1n) is 9.04. The van der Waals surface area contributed by atoms with Crippen molar-refractivity contribution >= 4 is 5.96 Å². The van der Waals surface area contributed by atoms with Gasteiger partial charge in [-0.3, -0.25) is 0 Å². The molecular formula is C18H33N5O. The van der Waals surface area contributed by atoms with Gasteiger partial charge in [0.15, 0.2) is 5.96 Å². The summed E-state index contributed by atoms with van der Waals surface area (Å²) < 4.78 is 5.80. The number of guanidine groups is 1. The van der Waals surface area contributed by atoms with Crippen LogP contribution in [0, 0.1) is 5.92 Å². The van der Waals surface area contributed by atoms with Crippen LogP contribution in [0.4, 0.5) is 0 Å². The predicted octanol–water partition coefficient (Wildman–Crippen LogP) is 2.37. The van der Waals surface area contributed by atoms with Gasteiger partial charge in [0.25, 0.3) is 0 Å². The van der Waals surface area contributed by atoms with E-state index in [-0.39, 0.29) is 5.41 Å². The smallest absolute Gasteiger partial charge is 0.216 e. The summed E-state index contributed by atoms with van der Waals surface area (Å²) in [6.07, 6.45) is 4.30. The second kappa shape index (κ2) is 8.51. The van der Waals surface area contributed by atoms with Gasteiger partial charge in [-0.05, 0) is 45.8 Å². The lowest BCUT2D eigenvalue weighted by atomic mass is 9.94. The van der Waals surface area contributed by atoms with Gasteiger partial charge in [-0.2, -0.15) is 0 Å². The van der Waals surface area contributed by atoms with Crippen molar-refractivity contribution in [1.29, 1.82) is 0 Å². The third-order valence-electron chi connectivity index (χ3n) is 4.41. The maximum Gasteiger partial charge on any atom is 0.216 e. The molecule has 1 aromatic rings. The predicted molar refractivity (Wildman–Crippen MR) is 98.2 cm³/mol. The van der Waals surface area contributed by atoms with Crippen LogP contribution in [0.5, 0.6) is 0 Å². The first-order chi connectivity index (χ1) is 11.4. The van der Waals surface area contributed by atoms with Gasteiger partial charge >= 0.3 is 0 Å². The van der Waals surface area contributed by atoms with Crippen LogP contribution in [-0.4, -0.2) is 49.1 Å². The van der Waals surface area contributed by atoms with Crippen molar-refractivity contribution in [2.75, 3.05) is 33.2 Å². The summed E-state index contributed by atoms with van der Waals surface area (Å²) in [5.74, 6) is 3.12. The molecule has 0 unspecified atom stereocenters. The highest BCUT2D eigenvalue weighted by Gasteiger charge is 2.19. The Morgan fingerprint density at radius 2 is 2.04 bits per heavy atom. The molecule has 0 aliphatic carbocycles. The molecule has 0 bridgehead atoms. The van der Waals surface area contributed by atoms with Gasteiger partial charge in [0, 0.05) is 18.5 Å². The zero-order chi connectivity index (χ0) is 17.6. The number of nitrogens with one attached hydrogen (secondary N) is 2. The molecular weight excluding hydrogens is 302 g/mol. The fourth-order valence-electron chi connectivity index (χ4n) is 2.73. The molecule has 6 heteroatoms. The second-order valence-electron chi connectivity index (χ2n) is 7.69. The summed E-state index contributed by atoms with van der Waals surface area (Å²) in [5.41, 5.74) is -0.0220. The number of aliphatic imine (C=N–C) groups is 1. The van der Waals surface area contributed by atoms with Crippen LogP contribution in [0.15, 0.2) is 15.6 Å². The standard InChI is InChI=1S/C18H33N5O/c1-6-19-17(21-11-14-7-9-23(5)10-8-14)22-13-16-20-12-15(24-16)18(2,3)4/h12,14H,6-11,13H2,1-5H3,(H2,19,21,22). The number of rotatable bonds is 5. The summed E-state index contributed by atoms with van der Waals surface area (Å²) in [4.78, 5) is 11.3. The Hall–Kier alpha value is -1.56. The maximum absolute atomic E-state index is 5.80. The van der Waals surface area contributed by atoms with Crippen LogP contribution in [0.25, 0.3) is 0 Å². The zero-order valence-electron chi connectivity index (χ0n) is 15.9. The van der Waals surface area contributed by atoms with E-state index in [4.69, 9.17) is 4.42 Å². The maximum atomic E-state index is 5.80. The van der Waals surface area contributed by atoms with E-state index in [0.29, 0.717) is 12.4 Å². The Morgan fingerprint density at radius 1 is 1.33 bits per heavy atom. The minimum atomic E-state index is -0.0220. The topological polar surface area (TPSA) is 65.7 Å². The number of nitrogens with zero attached hydrogens (tertiary/aromatic N) is 3. The van der Waals surface area contributed by atoms with Crippen molar-refractivity contribution in [2.45, 2.75) is 52.5 Å². The molecule has 0 atom stereocenters. The number of hydrogen-bond donors (Lipinski definition) is 2. The molecule has 0 radical (unpaired) electrons. The number of likely N-dealkylation sites (tertiary alicyclic amines) is 1. The molecule has 1 aliphatic heterocycles. The van der Waals surface area contributed by atoms with Crippen LogP contribution >= 0.6 is 0 Å². The second-order valence-corrected chi connectivity index (χ2v) is 7.69. The normalized spacial score (nSPS) is 18.0. The average molecular weight is 335 g/mol. The molecule has 2 rings (SSSR count). The fraction of sp³-hybridized carbons (Fsp3) is 0.778. The Kier molecular flexibility index (Phi) is 6.66. The minimum Gasteiger partial charge on any atom is -0.443 e. The largest absolute Gasteiger partial charge is 0.443 e. The minimum absolute atomic E-state index is 0.0220. The molecule has 24 heavy (non-hydrogen) atoms. The Balaban J connectivity index is 1.87. The molecule has 1 saturated heterocycles. The highest BCUT2D eigenvalue weighted by molar-refractivity contribution is 5.79. The van der Waals surface area contributed by atoms with E-state index >= 15 is 0 Å². The van der Waals surface area contributed by atoms with Crippen LogP contribution in [-0.2, 0) is 12.0 Å². The lowest BCUT2D eigenvalue weighted by Crippen LogP contribution is -2.42. The van der Waals surface area contributed by atoms with Gasteiger partial charge in [-0.1, -0.05) is 20.8 Å². The molecule has 1 aromatic heterocycles. The van der Waals surface area contributed by atoms with E-state index in [0.717, 1.165) is 30.7 Å². The van der Waals surface area contributed by atoms with Gasteiger partial charge in [-0.15, -0.1) is 0 Å². The van der Waals surface area contributed by atoms with E-state index in [1.54, 1.807) is 0 Å². The zero-order valence-corrected chi connectivity index (χ0v) is 15.9. The molecule has 0 saturated carbocycles. The van der Waals surface area contributed by atoms with Gasteiger partial charge in [-0.25, -0.2) is 9.98 Å². The molecule has 6 nitrogen and oxygen atoms in total. The van der Waals surface area contributed by atoms with E-state index in [1.807, 2.05) is 6.20 Å².